The highest BCUT2D eigenvalue weighted by Gasteiger charge is 2.05. The maximum atomic E-state index is 8.74. The monoisotopic (exact) mass is 185 g/mol. The van der Waals surface area contributed by atoms with E-state index in [1.54, 1.807) is 7.11 Å². The van der Waals surface area contributed by atoms with Crippen molar-refractivity contribution in [3.05, 3.63) is 0 Å². The van der Waals surface area contributed by atoms with Gasteiger partial charge in [0.05, 0.1) is 6.61 Å². The predicted molar refractivity (Wildman–Crippen MR) is 53.4 cm³/mol. The van der Waals surface area contributed by atoms with E-state index in [9.17, 15) is 0 Å². The van der Waals surface area contributed by atoms with E-state index < -0.39 is 0 Å². The highest BCUT2D eigenvalue weighted by atomic mass is 16.5. The van der Waals surface area contributed by atoms with Gasteiger partial charge in [-0.2, -0.15) is 0 Å². The lowest BCUT2D eigenvalue weighted by atomic mass is 10.2. The molecule has 13 heavy (non-hydrogen) atoms. The first-order valence-electron chi connectivity index (χ1n) is 4.61. The van der Waals surface area contributed by atoms with Crippen molar-refractivity contribution in [3.8, 4) is 12.3 Å². The highest BCUT2D eigenvalue weighted by molar-refractivity contribution is 4.83. The van der Waals surface area contributed by atoms with Crippen molar-refractivity contribution in [1.29, 1.82) is 0 Å². The molecule has 3 nitrogen and oxygen atoms in total. The molecule has 3 heteroatoms. The molecular weight excluding hydrogens is 166 g/mol. The minimum Gasteiger partial charge on any atom is -0.396 e. The normalized spacial score (nSPS) is 12.4. The van der Waals surface area contributed by atoms with Crippen LogP contribution in [0.25, 0.3) is 0 Å². The van der Waals surface area contributed by atoms with Gasteiger partial charge in [0.25, 0.3) is 0 Å². The molecule has 0 fully saturated rings. The fourth-order valence-corrected chi connectivity index (χ4v) is 1.10. The first-order chi connectivity index (χ1) is 6.35. The van der Waals surface area contributed by atoms with Crippen LogP contribution in [0.5, 0.6) is 0 Å². The number of aliphatic hydroxyl groups is 1. The van der Waals surface area contributed by atoms with Crippen LogP contribution >= 0.6 is 0 Å². The standard InChI is InChI=1S/C10H19NO2/c1-3-4-5-7-11-10(6-8-12)9-13-2/h1,10-12H,4-9H2,2H3. The number of nitrogens with one attached hydrogen (secondary N) is 1. The summed E-state index contributed by atoms with van der Waals surface area (Å²) in [6.45, 7) is 1.71. The van der Waals surface area contributed by atoms with E-state index in [0.29, 0.717) is 6.61 Å². The van der Waals surface area contributed by atoms with Crippen LogP contribution in [0.1, 0.15) is 19.3 Å². The first-order valence-corrected chi connectivity index (χ1v) is 4.61. The van der Waals surface area contributed by atoms with Gasteiger partial charge in [0.1, 0.15) is 0 Å². The molecule has 76 valence electrons. The van der Waals surface area contributed by atoms with Crippen molar-refractivity contribution in [2.24, 2.45) is 0 Å². The molecule has 0 radical (unpaired) electrons. The Hall–Kier alpha value is -0.560. The van der Waals surface area contributed by atoms with E-state index in [2.05, 4.69) is 11.2 Å². The smallest absolute Gasteiger partial charge is 0.0616 e. The van der Waals surface area contributed by atoms with Crippen molar-refractivity contribution in [2.45, 2.75) is 25.3 Å². The summed E-state index contributed by atoms with van der Waals surface area (Å²) in [6.07, 6.45) is 7.62. The third kappa shape index (κ3) is 7.79. The molecule has 0 heterocycles. The molecule has 0 bridgehead atoms. The van der Waals surface area contributed by atoms with Crippen LogP contribution < -0.4 is 5.32 Å². The van der Waals surface area contributed by atoms with E-state index in [1.165, 1.54) is 0 Å². The highest BCUT2D eigenvalue weighted by Crippen LogP contribution is 1.93. The maximum Gasteiger partial charge on any atom is 0.0616 e. The van der Waals surface area contributed by atoms with Gasteiger partial charge in [-0.15, -0.1) is 12.3 Å². The number of rotatable bonds is 8. The lowest BCUT2D eigenvalue weighted by molar-refractivity contribution is 0.148. The summed E-state index contributed by atoms with van der Waals surface area (Å²) in [5.74, 6) is 2.58. The van der Waals surface area contributed by atoms with E-state index >= 15 is 0 Å². The SMILES string of the molecule is C#CCCCNC(CCO)COC. The van der Waals surface area contributed by atoms with Crippen molar-refractivity contribution in [3.63, 3.8) is 0 Å². The van der Waals surface area contributed by atoms with Gasteiger partial charge >= 0.3 is 0 Å². The molecule has 0 aromatic heterocycles. The van der Waals surface area contributed by atoms with E-state index in [0.717, 1.165) is 25.8 Å². The van der Waals surface area contributed by atoms with Gasteiger partial charge in [-0.25, -0.2) is 0 Å². The Labute approximate surface area is 80.5 Å². The molecule has 0 saturated carbocycles. The Kier molecular flexibility index (Phi) is 9.12. The van der Waals surface area contributed by atoms with Crippen LogP contribution in [0.2, 0.25) is 0 Å². The summed E-state index contributed by atoms with van der Waals surface area (Å²) in [4.78, 5) is 0. The molecule has 0 aliphatic heterocycles. The van der Waals surface area contributed by atoms with Gasteiger partial charge < -0.3 is 15.2 Å². The van der Waals surface area contributed by atoms with Gasteiger partial charge in [0.15, 0.2) is 0 Å². The van der Waals surface area contributed by atoms with Crippen LogP contribution in [0.4, 0.5) is 0 Å². The summed E-state index contributed by atoms with van der Waals surface area (Å²) in [5, 5.41) is 12.0. The fourth-order valence-electron chi connectivity index (χ4n) is 1.10. The molecular formula is C10H19NO2. The van der Waals surface area contributed by atoms with E-state index in [-0.39, 0.29) is 12.6 Å². The summed E-state index contributed by atoms with van der Waals surface area (Å²) in [7, 11) is 1.66. The lowest BCUT2D eigenvalue weighted by Gasteiger charge is -2.16. The predicted octanol–water partition coefficient (Wildman–Crippen LogP) is 0.387. The average Bonchev–Trinajstić information content (AvgIpc) is 2.13. The zero-order valence-corrected chi connectivity index (χ0v) is 8.25. The Balaban J connectivity index is 3.39. The molecule has 0 spiro atoms. The number of unbranched alkanes of at least 4 members (excludes halogenated alkanes) is 1. The Bertz CT molecular complexity index is 136. The van der Waals surface area contributed by atoms with Gasteiger partial charge in [-0.1, -0.05) is 0 Å². The zero-order chi connectivity index (χ0) is 9.94. The van der Waals surface area contributed by atoms with Gasteiger partial charge in [-0.05, 0) is 19.4 Å². The molecule has 0 saturated heterocycles. The largest absolute Gasteiger partial charge is 0.396 e. The van der Waals surface area contributed by atoms with Crippen LogP contribution in [-0.2, 0) is 4.74 Å². The van der Waals surface area contributed by atoms with Crippen molar-refractivity contribution < 1.29 is 9.84 Å². The van der Waals surface area contributed by atoms with E-state index in [1.807, 2.05) is 0 Å². The third-order valence-corrected chi connectivity index (χ3v) is 1.78. The Morgan fingerprint density at radius 2 is 2.38 bits per heavy atom. The molecule has 0 aromatic carbocycles. The quantitative estimate of drug-likeness (QED) is 0.424. The second kappa shape index (κ2) is 9.53. The molecule has 0 amide bonds. The number of hydrogen-bond donors (Lipinski definition) is 2. The second-order valence-electron chi connectivity index (χ2n) is 2.93. The average molecular weight is 185 g/mol. The zero-order valence-electron chi connectivity index (χ0n) is 8.25. The third-order valence-electron chi connectivity index (χ3n) is 1.78. The minimum absolute atomic E-state index is 0.191. The minimum atomic E-state index is 0.191. The number of terminal acetylenes is 1. The lowest BCUT2D eigenvalue weighted by Crippen LogP contribution is -2.34. The van der Waals surface area contributed by atoms with Crippen LogP contribution in [0, 0.1) is 12.3 Å². The van der Waals surface area contributed by atoms with Crippen LogP contribution in [0.15, 0.2) is 0 Å². The molecule has 0 aromatic rings. The van der Waals surface area contributed by atoms with Crippen molar-refractivity contribution >= 4 is 0 Å². The summed E-state index contributed by atoms with van der Waals surface area (Å²) < 4.78 is 5.00. The Morgan fingerprint density at radius 1 is 1.62 bits per heavy atom. The summed E-state index contributed by atoms with van der Waals surface area (Å²) >= 11 is 0. The Morgan fingerprint density at radius 3 is 2.92 bits per heavy atom. The summed E-state index contributed by atoms with van der Waals surface area (Å²) in [6, 6.07) is 0.243. The molecule has 0 rings (SSSR count). The number of methoxy groups -OCH3 is 1. The number of hydrogen-bond acceptors (Lipinski definition) is 3. The number of ether oxygens (including phenoxy) is 1. The maximum absolute atomic E-state index is 8.74. The topological polar surface area (TPSA) is 41.5 Å². The molecule has 0 aliphatic carbocycles. The molecule has 2 N–H and O–H groups in total. The molecule has 1 unspecified atom stereocenters. The van der Waals surface area contributed by atoms with Crippen molar-refractivity contribution in [1.82, 2.24) is 5.32 Å². The molecule has 0 aliphatic rings. The van der Waals surface area contributed by atoms with Gasteiger partial charge in [-0.3, -0.25) is 0 Å². The van der Waals surface area contributed by atoms with E-state index in [4.69, 9.17) is 16.3 Å². The summed E-state index contributed by atoms with van der Waals surface area (Å²) in [5.41, 5.74) is 0. The van der Waals surface area contributed by atoms with Gasteiger partial charge in [0.2, 0.25) is 0 Å². The number of aliphatic hydroxyl groups excluding tert-OH is 1. The second-order valence-corrected chi connectivity index (χ2v) is 2.93. The van der Waals surface area contributed by atoms with Crippen molar-refractivity contribution in [2.75, 3.05) is 26.9 Å². The van der Waals surface area contributed by atoms with Crippen LogP contribution in [0.3, 0.4) is 0 Å². The first kappa shape index (κ1) is 12.4. The molecule has 1 atom stereocenters. The van der Waals surface area contributed by atoms with Gasteiger partial charge in [0, 0.05) is 26.2 Å². The fraction of sp³-hybridized carbons (Fsp3) is 0.800. The van der Waals surface area contributed by atoms with Crippen LogP contribution in [-0.4, -0.2) is 38.0 Å².